The minimum atomic E-state index is -3.60. The number of anilines is 1. The van der Waals surface area contributed by atoms with Gasteiger partial charge in [0.2, 0.25) is 21.8 Å². The molecule has 0 saturated carbocycles. The highest BCUT2D eigenvalue weighted by Gasteiger charge is 2.15. The van der Waals surface area contributed by atoms with Crippen LogP contribution in [0.1, 0.15) is 5.56 Å². The number of hydrogen-bond acceptors (Lipinski definition) is 5. The minimum Gasteiger partial charge on any atom is -0.346 e. The molecule has 0 saturated heterocycles. The Bertz CT molecular complexity index is 649. The molecule has 8 nitrogen and oxygen atoms in total. The van der Waals surface area contributed by atoms with Crippen LogP contribution in [0.15, 0.2) is 23.1 Å². The van der Waals surface area contributed by atoms with E-state index in [-0.39, 0.29) is 30.4 Å². The first kappa shape index (κ1) is 20.3. The molecule has 0 fully saturated rings. The monoisotopic (exact) mass is 350 g/mol. The number of amides is 2. The highest BCUT2D eigenvalue weighted by Crippen LogP contribution is 2.19. The molecule has 0 aliphatic carbocycles. The van der Waals surface area contributed by atoms with Crippen molar-refractivity contribution >= 4 is 39.9 Å². The predicted molar refractivity (Wildman–Crippen MR) is 85.4 cm³/mol. The number of benzene rings is 1. The number of aryl methyl sites for hydroxylation is 1. The zero-order chi connectivity index (χ0) is 16.0. The molecule has 22 heavy (non-hydrogen) atoms. The van der Waals surface area contributed by atoms with Gasteiger partial charge in [0.05, 0.1) is 18.0 Å². The molecule has 1 rings (SSSR count). The second-order valence-electron chi connectivity index (χ2n) is 4.22. The van der Waals surface area contributed by atoms with E-state index in [1.165, 1.54) is 13.1 Å². The Balaban J connectivity index is 0.00000441. The molecule has 2 amide bonds. The van der Waals surface area contributed by atoms with Gasteiger partial charge in [-0.1, -0.05) is 6.07 Å². The Morgan fingerprint density at radius 3 is 2.41 bits per heavy atom. The molecule has 0 radical (unpaired) electrons. The maximum absolute atomic E-state index is 11.8. The quantitative estimate of drug-likeness (QED) is 0.541. The minimum absolute atomic E-state index is 0. The van der Waals surface area contributed by atoms with Crippen LogP contribution in [-0.4, -0.2) is 40.4 Å². The van der Waals surface area contributed by atoms with Crippen LogP contribution in [-0.2, 0) is 19.6 Å². The van der Waals surface area contributed by atoms with Gasteiger partial charge in [0.1, 0.15) is 0 Å². The number of nitrogens with two attached hydrogens (primary N) is 1. The summed E-state index contributed by atoms with van der Waals surface area (Å²) in [6.07, 6.45) is 0. The summed E-state index contributed by atoms with van der Waals surface area (Å²) in [4.78, 5) is 22.6. The first-order valence-corrected chi connectivity index (χ1v) is 7.59. The average Bonchev–Trinajstić information content (AvgIpc) is 2.46. The number of nitrogens with one attached hydrogen (secondary N) is 3. The Kier molecular flexibility index (Phi) is 8.02. The van der Waals surface area contributed by atoms with Crippen LogP contribution in [0.5, 0.6) is 0 Å². The standard InChI is InChI=1S/C12H18N4O4S.ClH/c1-8-3-4-9(5-10(8)21(19,20)14-2)16-12(18)7-15-11(17)6-13;/h3-5,14H,6-7,13H2,1-2H3,(H,15,17)(H,16,18);1H. The van der Waals surface area contributed by atoms with Gasteiger partial charge >= 0.3 is 0 Å². The summed E-state index contributed by atoms with van der Waals surface area (Å²) in [6.45, 7) is 1.21. The van der Waals surface area contributed by atoms with E-state index in [1.54, 1.807) is 19.1 Å². The SMILES string of the molecule is CNS(=O)(=O)c1cc(NC(=O)CNC(=O)CN)ccc1C.Cl. The lowest BCUT2D eigenvalue weighted by Gasteiger charge is -2.10. The van der Waals surface area contributed by atoms with Crippen molar-refractivity contribution in [3.8, 4) is 0 Å². The normalized spacial score (nSPS) is 10.5. The molecule has 0 aliphatic heterocycles. The summed E-state index contributed by atoms with van der Waals surface area (Å²) in [6, 6.07) is 4.51. The molecule has 0 aromatic heterocycles. The zero-order valence-corrected chi connectivity index (χ0v) is 13.8. The predicted octanol–water partition coefficient (Wildman–Crippen LogP) is -0.662. The van der Waals surface area contributed by atoms with Gasteiger partial charge in [-0.25, -0.2) is 13.1 Å². The molecule has 0 bridgehead atoms. The van der Waals surface area contributed by atoms with Gasteiger partial charge in [-0.15, -0.1) is 12.4 Å². The number of halogens is 1. The van der Waals surface area contributed by atoms with Crippen molar-refractivity contribution < 1.29 is 18.0 Å². The molecular weight excluding hydrogens is 332 g/mol. The smallest absolute Gasteiger partial charge is 0.243 e. The van der Waals surface area contributed by atoms with Crippen LogP contribution in [0.2, 0.25) is 0 Å². The number of rotatable bonds is 6. The van der Waals surface area contributed by atoms with E-state index in [4.69, 9.17) is 5.73 Å². The molecule has 0 heterocycles. The van der Waals surface area contributed by atoms with Crippen LogP contribution in [0.3, 0.4) is 0 Å². The second-order valence-corrected chi connectivity index (χ2v) is 6.07. The Morgan fingerprint density at radius 2 is 1.86 bits per heavy atom. The van der Waals surface area contributed by atoms with Gasteiger partial charge in [-0.05, 0) is 31.7 Å². The molecule has 124 valence electrons. The van der Waals surface area contributed by atoms with E-state index >= 15 is 0 Å². The zero-order valence-electron chi connectivity index (χ0n) is 12.2. The summed E-state index contributed by atoms with van der Waals surface area (Å²) in [5.74, 6) is -0.930. The highest BCUT2D eigenvalue weighted by atomic mass is 35.5. The molecule has 10 heteroatoms. The summed E-state index contributed by atoms with van der Waals surface area (Å²) in [5.41, 5.74) is 5.97. The van der Waals surface area contributed by atoms with Gasteiger partial charge < -0.3 is 16.4 Å². The fourth-order valence-electron chi connectivity index (χ4n) is 1.53. The van der Waals surface area contributed by atoms with Gasteiger partial charge in [0.15, 0.2) is 0 Å². The summed E-state index contributed by atoms with van der Waals surface area (Å²) in [5, 5.41) is 4.81. The molecule has 0 atom stereocenters. The van der Waals surface area contributed by atoms with Crippen molar-refractivity contribution in [2.75, 3.05) is 25.5 Å². The van der Waals surface area contributed by atoms with E-state index in [9.17, 15) is 18.0 Å². The van der Waals surface area contributed by atoms with Crippen molar-refractivity contribution in [3.63, 3.8) is 0 Å². The van der Waals surface area contributed by atoms with Crippen LogP contribution in [0.25, 0.3) is 0 Å². The summed E-state index contributed by atoms with van der Waals surface area (Å²) >= 11 is 0. The maximum atomic E-state index is 11.8. The Labute approximate surface area is 135 Å². The van der Waals surface area contributed by atoms with Gasteiger partial charge in [0.25, 0.3) is 0 Å². The Hall–Kier alpha value is -1.68. The van der Waals surface area contributed by atoms with E-state index in [2.05, 4.69) is 15.4 Å². The number of carbonyl (C=O) groups excluding carboxylic acids is 2. The molecule has 1 aromatic rings. The highest BCUT2D eigenvalue weighted by molar-refractivity contribution is 7.89. The van der Waals surface area contributed by atoms with Crippen LogP contribution < -0.4 is 21.1 Å². The third-order valence-corrected chi connectivity index (χ3v) is 4.22. The van der Waals surface area contributed by atoms with E-state index in [1.807, 2.05) is 0 Å². The molecular formula is C12H19ClN4O4S. The maximum Gasteiger partial charge on any atom is 0.243 e. The van der Waals surface area contributed by atoms with Crippen molar-refractivity contribution in [1.29, 1.82) is 0 Å². The third kappa shape index (κ3) is 5.60. The molecule has 0 aliphatic rings. The third-order valence-electron chi connectivity index (χ3n) is 2.66. The second kappa shape index (κ2) is 8.69. The van der Waals surface area contributed by atoms with Crippen molar-refractivity contribution in [2.24, 2.45) is 5.73 Å². The number of hydrogen-bond donors (Lipinski definition) is 4. The fourth-order valence-corrected chi connectivity index (χ4v) is 2.53. The summed E-state index contributed by atoms with van der Waals surface area (Å²) in [7, 11) is -2.30. The number of carbonyl (C=O) groups is 2. The topological polar surface area (TPSA) is 130 Å². The van der Waals surface area contributed by atoms with Crippen molar-refractivity contribution in [1.82, 2.24) is 10.0 Å². The van der Waals surface area contributed by atoms with Gasteiger partial charge in [-0.2, -0.15) is 0 Å². The lowest BCUT2D eigenvalue weighted by atomic mass is 10.2. The molecule has 0 spiro atoms. The van der Waals surface area contributed by atoms with Crippen molar-refractivity contribution in [3.05, 3.63) is 23.8 Å². The van der Waals surface area contributed by atoms with Crippen LogP contribution >= 0.6 is 12.4 Å². The van der Waals surface area contributed by atoms with Crippen LogP contribution in [0, 0.1) is 6.92 Å². The van der Waals surface area contributed by atoms with E-state index in [0.717, 1.165) is 0 Å². The first-order chi connectivity index (χ1) is 9.80. The largest absolute Gasteiger partial charge is 0.346 e. The van der Waals surface area contributed by atoms with E-state index in [0.29, 0.717) is 11.3 Å². The number of sulfonamides is 1. The van der Waals surface area contributed by atoms with Crippen molar-refractivity contribution in [2.45, 2.75) is 11.8 Å². The lowest BCUT2D eigenvalue weighted by molar-refractivity contribution is -0.123. The first-order valence-electron chi connectivity index (χ1n) is 6.11. The lowest BCUT2D eigenvalue weighted by Crippen LogP contribution is -2.36. The molecule has 0 unspecified atom stereocenters. The van der Waals surface area contributed by atoms with Gasteiger partial charge in [-0.3, -0.25) is 9.59 Å². The average molecular weight is 351 g/mol. The van der Waals surface area contributed by atoms with Crippen LogP contribution in [0.4, 0.5) is 5.69 Å². The fraction of sp³-hybridized carbons (Fsp3) is 0.333. The summed E-state index contributed by atoms with van der Waals surface area (Å²) < 4.78 is 25.9. The Morgan fingerprint density at radius 1 is 1.23 bits per heavy atom. The molecule has 5 N–H and O–H groups in total. The van der Waals surface area contributed by atoms with Gasteiger partial charge in [0, 0.05) is 5.69 Å². The molecule has 1 aromatic carbocycles. The van der Waals surface area contributed by atoms with E-state index < -0.39 is 21.8 Å².